The summed E-state index contributed by atoms with van der Waals surface area (Å²) in [7, 11) is 0. The maximum atomic E-state index is 13.5. The van der Waals surface area contributed by atoms with E-state index in [0.29, 0.717) is 5.84 Å². The highest BCUT2D eigenvalue weighted by Crippen LogP contribution is 2.33. The third kappa shape index (κ3) is 2.47. The van der Waals surface area contributed by atoms with Gasteiger partial charge in [0.2, 0.25) is 0 Å². The first-order chi connectivity index (χ1) is 11.6. The lowest BCUT2D eigenvalue weighted by Crippen LogP contribution is -2.30. The number of halogens is 2. The van der Waals surface area contributed by atoms with Gasteiger partial charge in [-0.3, -0.25) is 4.98 Å². The summed E-state index contributed by atoms with van der Waals surface area (Å²) < 4.78 is 13.5. The highest BCUT2D eigenvalue weighted by molar-refractivity contribution is 6.31. The van der Waals surface area contributed by atoms with Crippen LogP contribution < -0.4 is 11.2 Å². The second kappa shape index (κ2) is 5.76. The minimum absolute atomic E-state index is 0.0230. The fraction of sp³-hybridized carbons (Fsp3) is 0.111. The molecule has 1 aliphatic carbocycles. The standard InChI is InChI=1S/C18H14ClFN4/c19-14-9-11(3-5-15(14)20)17-12(2-1-7-22-17)10-4-6-16-13(8-10)18(21)24-23-16/h1-9,13,16,23H,(H2,21,24). The van der Waals surface area contributed by atoms with Gasteiger partial charge in [0.1, 0.15) is 11.7 Å². The average Bonchev–Trinajstić information content (AvgIpc) is 2.98. The summed E-state index contributed by atoms with van der Waals surface area (Å²) in [6.45, 7) is 0. The zero-order chi connectivity index (χ0) is 16.7. The summed E-state index contributed by atoms with van der Waals surface area (Å²) in [6.07, 6.45) is 7.85. The van der Waals surface area contributed by atoms with Crippen LogP contribution in [0.4, 0.5) is 4.39 Å². The van der Waals surface area contributed by atoms with Gasteiger partial charge in [0.05, 0.1) is 22.7 Å². The van der Waals surface area contributed by atoms with Crippen LogP contribution in [-0.4, -0.2) is 16.9 Å². The van der Waals surface area contributed by atoms with E-state index in [1.165, 1.54) is 6.07 Å². The van der Waals surface area contributed by atoms with E-state index < -0.39 is 5.82 Å². The quantitative estimate of drug-likeness (QED) is 0.881. The Morgan fingerprint density at radius 2 is 2.12 bits per heavy atom. The molecule has 120 valence electrons. The fourth-order valence-corrected chi connectivity index (χ4v) is 3.17. The molecule has 4 rings (SSSR count). The van der Waals surface area contributed by atoms with Crippen molar-refractivity contribution in [3.8, 4) is 11.3 Å². The summed E-state index contributed by atoms with van der Waals surface area (Å²) in [4.78, 5) is 4.47. The molecule has 2 unspecified atom stereocenters. The summed E-state index contributed by atoms with van der Waals surface area (Å²) in [5, 5.41) is 4.16. The Labute approximate surface area is 143 Å². The lowest BCUT2D eigenvalue weighted by atomic mass is 9.87. The molecule has 2 aliphatic rings. The van der Waals surface area contributed by atoms with Crippen LogP contribution >= 0.6 is 11.6 Å². The van der Waals surface area contributed by atoms with Crippen molar-refractivity contribution in [3.05, 3.63) is 71.2 Å². The van der Waals surface area contributed by atoms with Gasteiger partial charge in [-0.2, -0.15) is 5.10 Å². The van der Waals surface area contributed by atoms with Crippen molar-refractivity contribution in [2.24, 2.45) is 16.8 Å². The van der Waals surface area contributed by atoms with Crippen LogP contribution in [0.25, 0.3) is 16.8 Å². The molecular formula is C18H14ClFN4. The van der Waals surface area contributed by atoms with E-state index in [4.69, 9.17) is 17.3 Å². The largest absolute Gasteiger partial charge is 0.385 e. The summed E-state index contributed by atoms with van der Waals surface area (Å²) in [5.74, 6) is 0.144. The van der Waals surface area contributed by atoms with Crippen molar-refractivity contribution in [3.63, 3.8) is 0 Å². The monoisotopic (exact) mass is 340 g/mol. The van der Waals surface area contributed by atoms with Crippen molar-refractivity contribution >= 4 is 23.0 Å². The van der Waals surface area contributed by atoms with Crippen molar-refractivity contribution in [1.82, 2.24) is 10.4 Å². The lowest BCUT2D eigenvalue weighted by molar-refractivity contribution is 0.622. The number of aromatic nitrogens is 1. The number of hydrogen-bond donors (Lipinski definition) is 2. The number of nitrogens with two attached hydrogens (primary N) is 1. The Bertz CT molecular complexity index is 904. The smallest absolute Gasteiger partial charge is 0.141 e. The Morgan fingerprint density at radius 3 is 2.96 bits per heavy atom. The van der Waals surface area contributed by atoms with E-state index in [0.717, 1.165) is 22.4 Å². The summed E-state index contributed by atoms with van der Waals surface area (Å²) in [6, 6.07) is 8.56. The molecule has 0 bridgehead atoms. The van der Waals surface area contributed by atoms with Gasteiger partial charge in [0.15, 0.2) is 0 Å². The first-order valence-corrected chi connectivity index (χ1v) is 7.91. The van der Waals surface area contributed by atoms with E-state index in [1.54, 1.807) is 18.3 Å². The zero-order valence-corrected chi connectivity index (χ0v) is 13.3. The second-order valence-electron chi connectivity index (χ2n) is 5.73. The van der Waals surface area contributed by atoms with Gasteiger partial charge in [0.25, 0.3) is 0 Å². The second-order valence-corrected chi connectivity index (χ2v) is 6.13. The number of nitrogens with one attached hydrogen (secondary N) is 1. The summed E-state index contributed by atoms with van der Waals surface area (Å²) in [5.41, 5.74) is 12.4. The molecule has 4 nitrogen and oxygen atoms in total. The van der Waals surface area contributed by atoms with E-state index in [2.05, 4.69) is 21.6 Å². The SMILES string of the molecule is NC1=NNC2C=CC(c3cccnc3-c3ccc(F)c(Cl)c3)=CC12. The van der Waals surface area contributed by atoms with Crippen molar-refractivity contribution in [2.75, 3.05) is 0 Å². The molecule has 1 aliphatic heterocycles. The molecule has 24 heavy (non-hydrogen) atoms. The molecule has 0 saturated carbocycles. The Hall–Kier alpha value is -2.66. The maximum Gasteiger partial charge on any atom is 0.141 e. The van der Waals surface area contributed by atoms with Crippen LogP contribution in [0.1, 0.15) is 5.56 Å². The number of hydrazone groups is 1. The van der Waals surface area contributed by atoms with Crippen LogP contribution in [0.2, 0.25) is 5.02 Å². The first-order valence-electron chi connectivity index (χ1n) is 7.53. The number of fused-ring (bicyclic) bond motifs is 1. The topological polar surface area (TPSA) is 63.3 Å². The van der Waals surface area contributed by atoms with Gasteiger partial charge in [-0.25, -0.2) is 4.39 Å². The lowest BCUT2D eigenvalue weighted by Gasteiger charge is -2.20. The van der Waals surface area contributed by atoms with Gasteiger partial charge in [-0.05, 0) is 29.8 Å². The van der Waals surface area contributed by atoms with Crippen LogP contribution in [0.5, 0.6) is 0 Å². The number of hydrogen-bond acceptors (Lipinski definition) is 4. The molecular weight excluding hydrogens is 327 g/mol. The van der Waals surface area contributed by atoms with E-state index in [1.807, 2.05) is 24.3 Å². The molecule has 2 aromatic rings. The molecule has 6 heteroatoms. The maximum absolute atomic E-state index is 13.5. The molecule has 0 fully saturated rings. The average molecular weight is 341 g/mol. The molecule has 0 spiro atoms. The number of rotatable bonds is 2. The first kappa shape index (κ1) is 14.9. The highest BCUT2D eigenvalue weighted by atomic mass is 35.5. The third-order valence-corrected chi connectivity index (χ3v) is 4.51. The minimum atomic E-state index is -0.446. The zero-order valence-electron chi connectivity index (χ0n) is 12.6. The number of amidine groups is 1. The fourth-order valence-electron chi connectivity index (χ4n) is 2.99. The van der Waals surface area contributed by atoms with Gasteiger partial charge >= 0.3 is 0 Å². The normalized spacial score (nSPS) is 21.8. The number of nitrogens with zero attached hydrogens (tertiary/aromatic N) is 2. The molecule has 1 aromatic carbocycles. The van der Waals surface area contributed by atoms with E-state index >= 15 is 0 Å². The molecule has 1 aromatic heterocycles. The number of allylic oxidation sites excluding steroid dienone is 2. The van der Waals surface area contributed by atoms with E-state index in [9.17, 15) is 4.39 Å². The summed E-state index contributed by atoms with van der Waals surface area (Å²) >= 11 is 5.92. The van der Waals surface area contributed by atoms with Gasteiger partial charge < -0.3 is 11.2 Å². The predicted octanol–water partition coefficient (Wildman–Crippen LogP) is 3.35. The molecule has 2 heterocycles. The van der Waals surface area contributed by atoms with Crippen molar-refractivity contribution in [2.45, 2.75) is 6.04 Å². The van der Waals surface area contributed by atoms with Crippen LogP contribution in [0, 0.1) is 11.7 Å². The van der Waals surface area contributed by atoms with Crippen molar-refractivity contribution < 1.29 is 4.39 Å². The predicted molar refractivity (Wildman–Crippen MR) is 93.8 cm³/mol. The molecule has 2 atom stereocenters. The Balaban J connectivity index is 1.80. The van der Waals surface area contributed by atoms with Crippen LogP contribution in [0.15, 0.2) is 59.9 Å². The van der Waals surface area contributed by atoms with Crippen LogP contribution in [0.3, 0.4) is 0 Å². The minimum Gasteiger partial charge on any atom is -0.385 e. The van der Waals surface area contributed by atoms with Gasteiger partial charge in [-0.15, -0.1) is 0 Å². The van der Waals surface area contributed by atoms with Crippen molar-refractivity contribution in [1.29, 1.82) is 0 Å². The number of pyridine rings is 1. The van der Waals surface area contributed by atoms with Gasteiger partial charge in [0, 0.05) is 17.3 Å². The molecule has 3 N–H and O–H groups in total. The molecule has 0 amide bonds. The Kier molecular flexibility index (Phi) is 3.58. The molecule has 0 radical (unpaired) electrons. The van der Waals surface area contributed by atoms with Crippen LogP contribution in [-0.2, 0) is 0 Å². The Morgan fingerprint density at radius 1 is 1.25 bits per heavy atom. The number of benzene rings is 1. The molecule has 0 saturated heterocycles. The third-order valence-electron chi connectivity index (χ3n) is 4.23. The van der Waals surface area contributed by atoms with Gasteiger partial charge in [-0.1, -0.05) is 35.9 Å². The van der Waals surface area contributed by atoms with E-state index in [-0.39, 0.29) is 17.0 Å². The highest BCUT2D eigenvalue weighted by Gasteiger charge is 2.29.